The smallest absolute Gasteiger partial charge is 0.127 e. The standard InChI is InChI=1S/C29H37O3P/c1-18-14-22(28(3,4)5)26(30)24(16-18)33(21-12-10-20(32-9)11-13-21)25-17-19(2)15-23(27(25)31)29(6,7)8/h10-17,30-31H,1-9H3. The van der Waals surface area contributed by atoms with Crippen molar-refractivity contribution in [3.05, 3.63) is 70.8 Å². The van der Waals surface area contributed by atoms with E-state index < -0.39 is 7.92 Å². The lowest BCUT2D eigenvalue weighted by molar-refractivity contribution is 0.415. The highest BCUT2D eigenvalue weighted by molar-refractivity contribution is 7.80. The van der Waals surface area contributed by atoms with Crippen molar-refractivity contribution in [1.29, 1.82) is 0 Å². The van der Waals surface area contributed by atoms with Crippen LogP contribution in [0.15, 0.2) is 48.5 Å². The molecule has 176 valence electrons. The molecule has 0 saturated heterocycles. The average Bonchev–Trinajstić information content (AvgIpc) is 2.71. The first-order valence-electron chi connectivity index (χ1n) is 11.4. The Morgan fingerprint density at radius 3 is 1.39 bits per heavy atom. The lowest BCUT2D eigenvalue weighted by atomic mass is 9.85. The molecule has 3 nitrogen and oxygen atoms in total. The number of benzene rings is 3. The predicted molar refractivity (Wildman–Crippen MR) is 142 cm³/mol. The normalized spacial score (nSPS) is 12.3. The topological polar surface area (TPSA) is 49.7 Å². The first kappa shape index (κ1) is 25.1. The van der Waals surface area contributed by atoms with Gasteiger partial charge >= 0.3 is 0 Å². The summed E-state index contributed by atoms with van der Waals surface area (Å²) < 4.78 is 5.38. The van der Waals surface area contributed by atoms with Crippen LogP contribution in [0.3, 0.4) is 0 Å². The van der Waals surface area contributed by atoms with E-state index in [0.29, 0.717) is 11.5 Å². The van der Waals surface area contributed by atoms with Crippen molar-refractivity contribution in [2.75, 3.05) is 7.11 Å². The lowest BCUT2D eigenvalue weighted by Gasteiger charge is -2.29. The molecular formula is C29H37O3P. The SMILES string of the molecule is COc1ccc(P(c2cc(C)cc(C(C)(C)C)c2O)c2cc(C)cc(C(C)(C)C)c2O)cc1. The Morgan fingerprint density at radius 1 is 0.667 bits per heavy atom. The fourth-order valence-electron chi connectivity index (χ4n) is 4.14. The number of methoxy groups -OCH3 is 1. The molecule has 3 aromatic rings. The fourth-order valence-corrected chi connectivity index (χ4v) is 6.74. The van der Waals surface area contributed by atoms with Crippen molar-refractivity contribution in [2.45, 2.75) is 66.2 Å². The van der Waals surface area contributed by atoms with Crippen LogP contribution in [0.5, 0.6) is 17.2 Å². The van der Waals surface area contributed by atoms with E-state index in [1.807, 2.05) is 24.3 Å². The molecule has 0 aliphatic carbocycles. The van der Waals surface area contributed by atoms with Gasteiger partial charge in [-0.1, -0.05) is 65.8 Å². The highest BCUT2D eigenvalue weighted by Crippen LogP contribution is 2.45. The number of rotatable bonds is 4. The van der Waals surface area contributed by atoms with Crippen LogP contribution >= 0.6 is 7.92 Å². The summed E-state index contributed by atoms with van der Waals surface area (Å²) >= 11 is 0. The first-order chi connectivity index (χ1) is 15.2. The van der Waals surface area contributed by atoms with Crippen LogP contribution in [0, 0.1) is 13.8 Å². The van der Waals surface area contributed by atoms with Gasteiger partial charge in [-0.3, -0.25) is 0 Å². The molecule has 0 atom stereocenters. The summed E-state index contributed by atoms with van der Waals surface area (Å²) in [6.45, 7) is 16.8. The minimum absolute atomic E-state index is 0.211. The maximum atomic E-state index is 11.5. The predicted octanol–water partition coefficient (Wildman–Crippen LogP) is 6.08. The molecule has 0 aliphatic rings. The highest BCUT2D eigenvalue weighted by atomic mass is 31.1. The molecule has 0 saturated carbocycles. The largest absolute Gasteiger partial charge is 0.507 e. The van der Waals surface area contributed by atoms with Crippen molar-refractivity contribution in [3.63, 3.8) is 0 Å². The van der Waals surface area contributed by atoms with E-state index in [0.717, 1.165) is 43.9 Å². The Hall–Kier alpha value is -2.51. The van der Waals surface area contributed by atoms with Crippen molar-refractivity contribution < 1.29 is 14.9 Å². The van der Waals surface area contributed by atoms with Gasteiger partial charge in [0.2, 0.25) is 0 Å². The molecule has 4 heteroatoms. The first-order valence-corrected chi connectivity index (χ1v) is 12.7. The van der Waals surface area contributed by atoms with E-state index in [2.05, 4.69) is 79.7 Å². The average molecular weight is 465 g/mol. The third-order valence-corrected chi connectivity index (χ3v) is 8.36. The molecule has 33 heavy (non-hydrogen) atoms. The fraction of sp³-hybridized carbons (Fsp3) is 0.379. The van der Waals surface area contributed by atoms with Crippen LogP contribution in [-0.4, -0.2) is 17.3 Å². The van der Waals surface area contributed by atoms with Gasteiger partial charge in [0.15, 0.2) is 0 Å². The maximum absolute atomic E-state index is 11.5. The van der Waals surface area contributed by atoms with Gasteiger partial charge in [0.1, 0.15) is 17.2 Å². The second-order valence-corrected chi connectivity index (χ2v) is 13.0. The van der Waals surface area contributed by atoms with Crippen LogP contribution in [0.25, 0.3) is 0 Å². The number of hydrogen-bond acceptors (Lipinski definition) is 3. The Kier molecular flexibility index (Phi) is 6.87. The number of phenols is 2. The Labute approximate surface area is 200 Å². The summed E-state index contributed by atoms with van der Waals surface area (Å²) in [6.07, 6.45) is 0. The Balaban J connectivity index is 2.40. The number of aryl methyl sites for hydroxylation is 2. The Bertz CT molecular complexity index is 1080. The molecule has 0 amide bonds. The highest BCUT2D eigenvalue weighted by Gasteiger charge is 2.30. The summed E-state index contributed by atoms with van der Waals surface area (Å²) in [4.78, 5) is 0. The zero-order chi connectivity index (χ0) is 24.7. The third kappa shape index (κ3) is 5.20. The molecule has 2 N–H and O–H groups in total. The van der Waals surface area contributed by atoms with Gasteiger partial charge in [-0.15, -0.1) is 0 Å². The minimum Gasteiger partial charge on any atom is -0.507 e. The van der Waals surface area contributed by atoms with Crippen LogP contribution in [-0.2, 0) is 10.8 Å². The minimum atomic E-state index is -1.22. The molecule has 0 radical (unpaired) electrons. The number of hydrogen-bond donors (Lipinski definition) is 2. The van der Waals surface area contributed by atoms with Gasteiger partial charge < -0.3 is 14.9 Å². The molecular weight excluding hydrogens is 427 g/mol. The van der Waals surface area contributed by atoms with Crippen molar-refractivity contribution in [1.82, 2.24) is 0 Å². The summed E-state index contributed by atoms with van der Waals surface area (Å²) in [6, 6.07) is 16.2. The molecule has 0 bridgehead atoms. The van der Waals surface area contributed by atoms with Crippen molar-refractivity contribution in [2.24, 2.45) is 0 Å². The Morgan fingerprint density at radius 2 is 1.06 bits per heavy atom. The third-order valence-electron chi connectivity index (χ3n) is 5.90. The van der Waals surface area contributed by atoms with Gasteiger partial charge in [0.05, 0.1) is 7.11 Å². The van der Waals surface area contributed by atoms with E-state index in [-0.39, 0.29) is 10.8 Å². The van der Waals surface area contributed by atoms with E-state index in [4.69, 9.17) is 4.74 Å². The molecule has 3 aromatic carbocycles. The summed E-state index contributed by atoms with van der Waals surface area (Å²) in [5.41, 5.74) is 3.60. The zero-order valence-electron chi connectivity index (χ0n) is 21.4. The van der Waals surface area contributed by atoms with Crippen LogP contribution in [0.2, 0.25) is 0 Å². The molecule has 0 heterocycles. The summed E-state index contributed by atoms with van der Waals surface area (Å²) in [5, 5.41) is 25.9. The van der Waals surface area contributed by atoms with Gasteiger partial charge in [-0.05, 0) is 73.3 Å². The van der Waals surface area contributed by atoms with E-state index >= 15 is 0 Å². The zero-order valence-corrected chi connectivity index (χ0v) is 22.3. The number of aromatic hydroxyl groups is 2. The summed E-state index contributed by atoms with van der Waals surface area (Å²) in [7, 11) is 0.435. The molecule has 0 fully saturated rings. The van der Waals surface area contributed by atoms with Crippen LogP contribution in [0.4, 0.5) is 0 Å². The van der Waals surface area contributed by atoms with E-state index in [1.54, 1.807) is 7.11 Å². The van der Waals surface area contributed by atoms with Gasteiger partial charge in [-0.25, -0.2) is 0 Å². The van der Waals surface area contributed by atoms with Crippen LogP contribution in [0.1, 0.15) is 63.8 Å². The second-order valence-electron chi connectivity index (χ2n) is 10.9. The van der Waals surface area contributed by atoms with Gasteiger partial charge in [-0.2, -0.15) is 0 Å². The quantitative estimate of drug-likeness (QED) is 0.460. The van der Waals surface area contributed by atoms with Gasteiger partial charge in [0, 0.05) is 21.7 Å². The molecule has 0 aliphatic heterocycles. The van der Waals surface area contributed by atoms with Gasteiger partial charge in [0.25, 0.3) is 0 Å². The molecule has 0 unspecified atom stereocenters. The number of ether oxygens (including phenoxy) is 1. The van der Waals surface area contributed by atoms with E-state index in [9.17, 15) is 10.2 Å². The maximum Gasteiger partial charge on any atom is 0.127 e. The monoisotopic (exact) mass is 464 g/mol. The van der Waals surface area contributed by atoms with Crippen molar-refractivity contribution in [3.8, 4) is 17.2 Å². The molecule has 0 spiro atoms. The molecule has 3 rings (SSSR count). The number of phenolic OH excluding ortho intramolecular Hbond substituents is 2. The van der Waals surface area contributed by atoms with E-state index in [1.165, 1.54) is 0 Å². The lowest BCUT2D eigenvalue weighted by Crippen LogP contribution is -2.26. The molecule has 0 aromatic heterocycles. The second kappa shape index (κ2) is 9.03. The van der Waals surface area contributed by atoms with Crippen molar-refractivity contribution >= 4 is 23.8 Å². The van der Waals surface area contributed by atoms with Crippen LogP contribution < -0.4 is 20.7 Å². The summed E-state index contributed by atoms with van der Waals surface area (Å²) in [5.74, 6) is 1.41.